The van der Waals surface area contributed by atoms with Gasteiger partial charge in [0, 0.05) is 5.69 Å². The fourth-order valence-electron chi connectivity index (χ4n) is 1.52. The van der Waals surface area contributed by atoms with E-state index in [1.165, 1.54) is 0 Å². The number of aryl methyl sites for hydroxylation is 1. The number of hydrogen-bond acceptors (Lipinski definition) is 4. The highest BCUT2D eigenvalue weighted by Crippen LogP contribution is 2.21. The van der Waals surface area contributed by atoms with Crippen LogP contribution in [0.3, 0.4) is 0 Å². The van der Waals surface area contributed by atoms with Crippen molar-refractivity contribution in [3.8, 4) is 12.1 Å². The summed E-state index contributed by atoms with van der Waals surface area (Å²) in [5.41, 5.74) is 3.67. The lowest BCUT2D eigenvalue weighted by Gasteiger charge is -2.09. The van der Waals surface area contributed by atoms with Crippen molar-refractivity contribution in [2.75, 3.05) is 5.32 Å². The van der Waals surface area contributed by atoms with Crippen LogP contribution in [0.15, 0.2) is 36.5 Å². The molecule has 4 nitrogen and oxygen atoms in total. The number of hydrogen-bond donors (Lipinski definition) is 1. The Labute approximate surface area is 105 Å². The summed E-state index contributed by atoms with van der Waals surface area (Å²) in [5, 5.41) is 20.7. The molecule has 0 saturated heterocycles. The number of aromatic nitrogens is 1. The SMILES string of the molecule is Cc1ccc(C#N)cc1Nc1ccc(C#N)nc1. The third kappa shape index (κ3) is 2.45. The predicted octanol–water partition coefficient (Wildman–Crippen LogP) is 2.88. The second-order valence-corrected chi connectivity index (χ2v) is 3.81. The van der Waals surface area contributed by atoms with Gasteiger partial charge in [-0.25, -0.2) is 4.98 Å². The van der Waals surface area contributed by atoms with Gasteiger partial charge in [0.2, 0.25) is 0 Å². The molecule has 0 aliphatic carbocycles. The highest BCUT2D eigenvalue weighted by Gasteiger charge is 2.01. The van der Waals surface area contributed by atoms with Crippen LogP contribution in [-0.4, -0.2) is 4.98 Å². The molecule has 1 heterocycles. The van der Waals surface area contributed by atoms with Crippen LogP contribution in [0, 0.1) is 29.6 Å². The van der Waals surface area contributed by atoms with Crippen LogP contribution in [0.4, 0.5) is 11.4 Å². The van der Waals surface area contributed by atoms with Gasteiger partial charge in [-0.2, -0.15) is 10.5 Å². The summed E-state index contributed by atoms with van der Waals surface area (Å²) in [6.45, 7) is 1.96. The molecule has 1 aromatic carbocycles. The summed E-state index contributed by atoms with van der Waals surface area (Å²) < 4.78 is 0. The van der Waals surface area contributed by atoms with Crippen molar-refractivity contribution in [1.29, 1.82) is 10.5 Å². The Morgan fingerprint density at radius 1 is 1.11 bits per heavy atom. The van der Waals surface area contributed by atoms with Crippen molar-refractivity contribution in [3.63, 3.8) is 0 Å². The molecule has 4 heteroatoms. The van der Waals surface area contributed by atoms with E-state index in [-0.39, 0.29) is 0 Å². The Balaban J connectivity index is 2.28. The third-order valence-electron chi connectivity index (χ3n) is 2.52. The molecule has 1 N–H and O–H groups in total. The minimum absolute atomic E-state index is 0.378. The van der Waals surface area contributed by atoms with Crippen molar-refractivity contribution in [1.82, 2.24) is 4.98 Å². The van der Waals surface area contributed by atoms with Crippen LogP contribution < -0.4 is 5.32 Å². The fourth-order valence-corrected chi connectivity index (χ4v) is 1.52. The Morgan fingerprint density at radius 3 is 2.56 bits per heavy atom. The van der Waals surface area contributed by atoms with Crippen molar-refractivity contribution < 1.29 is 0 Å². The summed E-state index contributed by atoms with van der Waals surface area (Å²) in [6, 6.07) is 12.9. The van der Waals surface area contributed by atoms with E-state index in [0.29, 0.717) is 11.3 Å². The summed E-state index contributed by atoms with van der Waals surface area (Å²) in [7, 11) is 0. The number of nitrogens with zero attached hydrogens (tertiary/aromatic N) is 3. The van der Waals surface area contributed by atoms with Crippen molar-refractivity contribution >= 4 is 11.4 Å². The number of anilines is 2. The molecule has 0 bridgehead atoms. The zero-order chi connectivity index (χ0) is 13.0. The van der Waals surface area contributed by atoms with Crippen molar-refractivity contribution in [3.05, 3.63) is 53.3 Å². The van der Waals surface area contributed by atoms with Gasteiger partial charge in [-0.15, -0.1) is 0 Å². The van der Waals surface area contributed by atoms with Crippen LogP contribution in [0.25, 0.3) is 0 Å². The molecule has 0 aliphatic heterocycles. The summed E-state index contributed by atoms with van der Waals surface area (Å²) >= 11 is 0. The number of nitriles is 2. The molecular formula is C14H10N4. The normalized spacial score (nSPS) is 9.28. The van der Waals surface area contributed by atoms with Gasteiger partial charge in [-0.1, -0.05) is 6.07 Å². The van der Waals surface area contributed by atoms with Gasteiger partial charge in [0.05, 0.1) is 23.5 Å². The zero-order valence-electron chi connectivity index (χ0n) is 9.81. The Hall–Kier alpha value is -2.85. The van der Waals surface area contributed by atoms with E-state index in [2.05, 4.69) is 16.4 Å². The molecule has 18 heavy (non-hydrogen) atoms. The molecule has 86 valence electrons. The standard InChI is InChI=1S/C14H10N4/c1-10-2-3-11(7-15)6-14(10)18-13-5-4-12(8-16)17-9-13/h2-6,9,18H,1H3. The second kappa shape index (κ2) is 4.99. The lowest BCUT2D eigenvalue weighted by atomic mass is 10.1. The summed E-state index contributed by atoms with van der Waals surface area (Å²) in [6.07, 6.45) is 1.59. The molecule has 0 aliphatic rings. The largest absolute Gasteiger partial charge is 0.354 e. The first-order valence-electron chi connectivity index (χ1n) is 5.37. The maximum absolute atomic E-state index is 8.86. The van der Waals surface area contributed by atoms with Crippen molar-refractivity contribution in [2.45, 2.75) is 6.92 Å². The number of pyridine rings is 1. The van der Waals surface area contributed by atoms with Gasteiger partial charge < -0.3 is 5.32 Å². The quantitative estimate of drug-likeness (QED) is 0.867. The highest BCUT2D eigenvalue weighted by molar-refractivity contribution is 5.64. The van der Waals surface area contributed by atoms with E-state index in [1.54, 1.807) is 30.5 Å². The summed E-state index contributed by atoms with van der Waals surface area (Å²) in [5.74, 6) is 0. The smallest absolute Gasteiger partial charge is 0.140 e. The van der Waals surface area contributed by atoms with E-state index in [4.69, 9.17) is 10.5 Å². The van der Waals surface area contributed by atoms with Crippen LogP contribution >= 0.6 is 0 Å². The van der Waals surface area contributed by atoms with Crippen LogP contribution in [-0.2, 0) is 0 Å². The minimum atomic E-state index is 0.378. The molecule has 0 unspecified atom stereocenters. The zero-order valence-corrected chi connectivity index (χ0v) is 9.81. The lowest BCUT2D eigenvalue weighted by Crippen LogP contribution is -1.95. The number of rotatable bonds is 2. The fraction of sp³-hybridized carbons (Fsp3) is 0.0714. The van der Waals surface area contributed by atoms with Crippen LogP contribution in [0.5, 0.6) is 0 Å². The third-order valence-corrected chi connectivity index (χ3v) is 2.52. The van der Waals surface area contributed by atoms with Gasteiger partial charge in [0.25, 0.3) is 0 Å². The van der Waals surface area contributed by atoms with Crippen molar-refractivity contribution in [2.24, 2.45) is 0 Å². The highest BCUT2D eigenvalue weighted by atomic mass is 14.9. The van der Waals surface area contributed by atoms with E-state index in [0.717, 1.165) is 16.9 Å². The lowest BCUT2D eigenvalue weighted by molar-refractivity contribution is 1.26. The number of benzene rings is 1. The van der Waals surface area contributed by atoms with Gasteiger partial charge in [-0.05, 0) is 36.8 Å². The average Bonchev–Trinajstić information content (AvgIpc) is 2.42. The molecule has 0 radical (unpaired) electrons. The molecule has 0 amide bonds. The minimum Gasteiger partial charge on any atom is -0.354 e. The molecule has 0 atom stereocenters. The average molecular weight is 234 g/mol. The van der Waals surface area contributed by atoms with Gasteiger partial charge >= 0.3 is 0 Å². The van der Waals surface area contributed by atoms with Gasteiger partial charge in [0.15, 0.2) is 0 Å². The van der Waals surface area contributed by atoms with Gasteiger partial charge in [-0.3, -0.25) is 0 Å². The first kappa shape index (κ1) is 11.6. The van der Waals surface area contributed by atoms with E-state index in [9.17, 15) is 0 Å². The van der Waals surface area contributed by atoms with Crippen LogP contribution in [0.1, 0.15) is 16.8 Å². The van der Waals surface area contributed by atoms with E-state index in [1.807, 2.05) is 19.1 Å². The first-order chi connectivity index (χ1) is 8.72. The monoisotopic (exact) mass is 234 g/mol. The maximum Gasteiger partial charge on any atom is 0.140 e. The molecule has 1 aromatic heterocycles. The maximum atomic E-state index is 8.86. The van der Waals surface area contributed by atoms with E-state index < -0.39 is 0 Å². The molecular weight excluding hydrogens is 224 g/mol. The predicted molar refractivity (Wildman–Crippen MR) is 68.1 cm³/mol. The molecule has 2 aromatic rings. The summed E-state index contributed by atoms with van der Waals surface area (Å²) in [4.78, 5) is 3.98. The first-order valence-corrected chi connectivity index (χ1v) is 5.37. The molecule has 0 spiro atoms. The van der Waals surface area contributed by atoms with Gasteiger partial charge in [0.1, 0.15) is 11.8 Å². The molecule has 0 saturated carbocycles. The van der Waals surface area contributed by atoms with Crippen LogP contribution in [0.2, 0.25) is 0 Å². The molecule has 0 fully saturated rings. The Kier molecular flexibility index (Phi) is 3.22. The topological polar surface area (TPSA) is 72.5 Å². The Bertz CT molecular complexity index is 645. The molecule has 2 rings (SSSR count). The van der Waals surface area contributed by atoms with E-state index >= 15 is 0 Å². The Morgan fingerprint density at radius 2 is 1.94 bits per heavy atom. The second-order valence-electron chi connectivity index (χ2n) is 3.81. The number of nitrogens with one attached hydrogen (secondary N) is 1.